The molecule has 2 saturated heterocycles. The molecule has 1 aromatic carbocycles. The Hall–Kier alpha value is -1.51. The lowest BCUT2D eigenvalue weighted by molar-refractivity contribution is 0.0330. The molecule has 0 unspecified atom stereocenters. The summed E-state index contributed by atoms with van der Waals surface area (Å²) in [6.45, 7) is 0.868. The van der Waals surface area contributed by atoms with Crippen molar-refractivity contribution in [2.24, 2.45) is 0 Å². The molecule has 1 spiro atoms. The third-order valence-corrected chi connectivity index (χ3v) is 4.53. The van der Waals surface area contributed by atoms with Gasteiger partial charge in [-0.15, -0.1) is 0 Å². The first kappa shape index (κ1) is 9.51. The minimum Gasteiger partial charge on any atom is -0.436 e. The normalized spacial score (nSPS) is 34.0. The van der Waals surface area contributed by atoms with Crippen molar-refractivity contribution in [2.75, 3.05) is 6.54 Å². The van der Waals surface area contributed by atoms with Crippen LogP contribution in [0.4, 0.5) is 4.79 Å². The number of benzene rings is 1. The van der Waals surface area contributed by atoms with Gasteiger partial charge in [0.25, 0.3) is 0 Å². The van der Waals surface area contributed by atoms with Crippen LogP contribution in [0, 0.1) is 0 Å². The van der Waals surface area contributed by atoms with Gasteiger partial charge in [0.2, 0.25) is 0 Å². The number of carbonyl (C=O) groups excluding carboxylic acids is 1. The number of fused-ring (bicyclic) bond motifs is 4. The fourth-order valence-electron chi connectivity index (χ4n) is 3.81. The second-order valence-corrected chi connectivity index (χ2v) is 5.27. The number of amides is 1. The van der Waals surface area contributed by atoms with E-state index in [1.165, 1.54) is 11.1 Å². The van der Waals surface area contributed by atoms with Gasteiger partial charge in [0.1, 0.15) is 0 Å². The lowest BCUT2D eigenvalue weighted by atomic mass is 9.87. The summed E-state index contributed by atoms with van der Waals surface area (Å²) >= 11 is 0. The van der Waals surface area contributed by atoms with Crippen LogP contribution in [0.25, 0.3) is 0 Å². The zero-order valence-electron chi connectivity index (χ0n) is 9.69. The monoisotopic (exact) mass is 229 g/mol. The van der Waals surface area contributed by atoms with Crippen molar-refractivity contribution < 1.29 is 9.53 Å². The van der Waals surface area contributed by atoms with E-state index in [9.17, 15) is 4.79 Å². The molecule has 0 radical (unpaired) electrons. The number of ether oxygens (including phenoxy) is 1. The number of nitrogens with zero attached hydrogens (tertiary/aromatic N) is 1. The highest BCUT2D eigenvalue weighted by molar-refractivity contribution is 5.73. The molecule has 2 heterocycles. The number of rotatable bonds is 0. The van der Waals surface area contributed by atoms with E-state index in [2.05, 4.69) is 24.3 Å². The van der Waals surface area contributed by atoms with Gasteiger partial charge in [-0.2, -0.15) is 0 Å². The highest BCUT2D eigenvalue weighted by Crippen LogP contribution is 2.51. The van der Waals surface area contributed by atoms with E-state index in [-0.39, 0.29) is 17.7 Å². The molecule has 1 aromatic rings. The fraction of sp³-hybridized carbons (Fsp3) is 0.500. The van der Waals surface area contributed by atoms with Gasteiger partial charge in [0, 0.05) is 12.1 Å². The maximum Gasteiger partial charge on any atom is 0.411 e. The summed E-state index contributed by atoms with van der Waals surface area (Å²) in [6.07, 6.45) is 4.08. The molecule has 3 heteroatoms. The molecule has 2 aliphatic heterocycles. The Bertz CT molecular complexity index is 499. The van der Waals surface area contributed by atoms with Crippen LogP contribution < -0.4 is 0 Å². The first-order chi connectivity index (χ1) is 8.31. The average Bonchev–Trinajstić information content (AvgIpc) is 2.99. The smallest absolute Gasteiger partial charge is 0.411 e. The Kier molecular flexibility index (Phi) is 1.70. The van der Waals surface area contributed by atoms with Crippen LogP contribution in [0.5, 0.6) is 0 Å². The van der Waals surface area contributed by atoms with Gasteiger partial charge in [-0.3, -0.25) is 0 Å². The van der Waals surface area contributed by atoms with Crippen molar-refractivity contribution in [2.45, 2.75) is 37.3 Å². The van der Waals surface area contributed by atoms with Gasteiger partial charge < -0.3 is 9.64 Å². The number of carbonyl (C=O) groups is 1. The Balaban J connectivity index is 1.87. The minimum absolute atomic E-state index is 0.107. The summed E-state index contributed by atoms with van der Waals surface area (Å²) in [5, 5.41) is 0. The average molecular weight is 229 g/mol. The van der Waals surface area contributed by atoms with Crippen LogP contribution in [0.3, 0.4) is 0 Å². The van der Waals surface area contributed by atoms with E-state index in [0.717, 1.165) is 32.2 Å². The molecule has 1 amide bonds. The topological polar surface area (TPSA) is 29.5 Å². The van der Waals surface area contributed by atoms with Crippen LogP contribution in [0.1, 0.15) is 30.4 Å². The first-order valence-electron chi connectivity index (χ1n) is 6.39. The Morgan fingerprint density at radius 1 is 1.35 bits per heavy atom. The molecular formula is C14H15NO2. The summed E-state index contributed by atoms with van der Waals surface area (Å²) in [5.74, 6) is 0. The first-order valence-corrected chi connectivity index (χ1v) is 6.39. The van der Waals surface area contributed by atoms with E-state index < -0.39 is 0 Å². The van der Waals surface area contributed by atoms with Gasteiger partial charge in [-0.05, 0) is 31.2 Å². The lowest BCUT2D eigenvalue weighted by Gasteiger charge is -2.28. The quantitative estimate of drug-likeness (QED) is 0.684. The molecule has 0 N–H and O–H groups in total. The highest BCUT2D eigenvalue weighted by Gasteiger charge is 2.58. The zero-order chi connectivity index (χ0) is 11.5. The summed E-state index contributed by atoms with van der Waals surface area (Å²) in [4.78, 5) is 13.9. The molecule has 88 valence electrons. The summed E-state index contributed by atoms with van der Waals surface area (Å²) in [7, 11) is 0. The third kappa shape index (κ3) is 1.05. The molecule has 3 nitrogen and oxygen atoms in total. The molecule has 2 atom stereocenters. The van der Waals surface area contributed by atoms with Crippen molar-refractivity contribution in [3.63, 3.8) is 0 Å². The number of hydrogen-bond donors (Lipinski definition) is 0. The lowest BCUT2D eigenvalue weighted by Crippen LogP contribution is -2.38. The van der Waals surface area contributed by atoms with Crippen LogP contribution in [0.2, 0.25) is 0 Å². The maximum atomic E-state index is 11.9. The number of hydrogen-bond acceptors (Lipinski definition) is 2. The SMILES string of the molecule is O=C1O[C@@]2(CCc3ccccc32)[C@@H]2CCCN12. The summed E-state index contributed by atoms with van der Waals surface area (Å²) in [6, 6.07) is 8.70. The van der Waals surface area contributed by atoms with Crippen molar-refractivity contribution in [3.8, 4) is 0 Å². The number of aryl methyl sites for hydroxylation is 1. The van der Waals surface area contributed by atoms with E-state index >= 15 is 0 Å². The van der Waals surface area contributed by atoms with Gasteiger partial charge in [-0.25, -0.2) is 4.79 Å². The zero-order valence-corrected chi connectivity index (χ0v) is 9.69. The van der Waals surface area contributed by atoms with Gasteiger partial charge in [0.15, 0.2) is 5.60 Å². The molecule has 1 aliphatic carbocycles. The van der Waals surface area contributed by atoms with E-state index in [1.807, 2.05) is 4.90 Å². The van der Waals surface area contributed by atoms with Gasteiger partial charge >= 0.3 is 6.09 Å². The Morgan fingerprint density at radius 2 is 2.24 bits per heavy atom. The maximum absolute atomic E-state index is 11.9. The van der Waals surface area contributed by atoms with Crippen LogP contribution in [-0.4, -0.2) is 23.6 Å². The largest absolute Gasteiger partial charge is 0.436 e. The molecular weight excluding hydrogens is 214 g/mol. The highest BCUT2D eigenvalue weighted by atomic mass is 16.6. The predicted octanol–water partition coefficient (Wildman–Crippen LogP) is 2.44. The van der Waals surface area contributed by atoms with E-state index in [4.69, 9.17) is 4.74 Å². The van der Waals surface area contributed by atoms with Crippen LogP contribution in [-0.2, 0) is 16.8 Å². The molecule has 17 heavy (non-hydrogen) atoms. The third-order valence-electron chi connectivity index (χ3n) is 4.53. The van der Waals surface area contributed by atoms with Gasteiger partial charge in [0.05, 0.1) is 6.04 Å². The van der Waals surface area contributed by atoms with Crippen LogP contribution in [0.15, 0.2) is 24.3 Å². The summed E-state index contributed by atoms with van der Waals surface area (Å²) < 4.78 is 5.79. The second-order valence-electron chi connectivity index (χ2n) is 5.27. The summed E-state index contributed by atoms with van der Waals surface area (Å²) in [5.41, 5.74) is 2.28. The Labute approximate surface area is 100 Å². The van der Waals surface area contributed by atoms with E-state index in [0.29, 0.717) is 0 Å². The van der Waals surface area contributed by atoms with Crippen LogP contribution >= 0.6 is 0 Å². The fourth-order valence-corrected chi connectivity index (χ4v) is 3.81. The molecule has 0 saturated carbocycles. The van der Waals surface area contributed by atoms with E-state index in [1.54, 1.807) is 0 Å². The Morgan fingerprint density at radius 3 is 3.18 bits per heavy atom. The molecule has 0 bridgehead atoms. The van der Waals surface area contributed by atoms with Crippen molar-refractivity contribution in [3.05, 3.63) is 35.4 Å². The molecule has 3 aliphatic rings. The van der Waals surface area contributed by atoms with Gasteiger partial charge in [-0.1, -0.05) is 24.3 Å². The predicted molar refractivity (Wildman–Crippen MR) is 62.7 cm³/mol. The minimum atomic E-state index is -0.329. The molecule has 2 fully saturated rings. The van der Waals surface area contributed by atoms with Crippen molar-refractivity contribution in [1.29, 1.82) is 0 Å². The van der Waals surface area contributed by atoms with Crippen molar-refractivity contribution in [1.82, 2.24) is 4.90 Å². The second kappa shape index (κ2) is 3.03. The molecule has 0 aromatic heterocycles. The van der Waals surface area contributed by atoms with Crippen molar-refractivity contribution >= 4 is 6.09 Å². The molecule has 4 rings (SSSR count). The standard InChI is InChI=1S/C14H15NO2/c16-13-15-9-3-6-12(15)14(17-13)8-7-10-4-1-2-5-11(10)14/h1-2,4-5,12H,3,6-9H2/t12-,14+/m0/s1.